The van der Waals surface area contributed by atoms with E-state index in [4.69, 9.17) is 0 Å². The van der Waals surface area contributed by atoms with Gasteiger partial charge in [-0.25, -0.2) is 0 Å². The van der Waals surface area contributed by atoms with Crippen LogP contribution in [0.3, 0.4) is 0 Å². The predicted octanol–water partition coefficient (Wildman–Crippen LogP) is 3.70. The van der Waals surface area contributed by atoms with Crippen LogP contribution >= 0.6 is 23.5 Å². The van der Waals surface area contributed by atoms with Gasteiger partial charge in [-0.3, -0.25) is 4.90 Å². The van der Waals surface area contributed by atoms with Crippen molar-refractivity contribution >= 4 is 23.5 Å². The molecule has 0 aromatic rings. The molecule has 0 N–H and O–H groups in total. The molecule has 0 aromatic carbocycles. The minimum atomic E-state index is 0.610. The Morgan fingerprint density at radius 1 is 1.24 bits per heavy atom. The lowest BCUT2D eigenvalue weighted by molar-refractivity contribution is 0.263. The molecule has 0 amide bonds. The first kappa shape index (κ1) is 15.3. The Balaban J connectivity index is 2.12. The van der Waals surface area contributed by atoms with Gasteiger partial charge < -0.3 is 0 Å². The molecule has 0 atom stereocenters. The van der Waals surface area contributed by atoms with Crippen molar-refractivity contribution < 1.29 is 0 Å². The Kier molecular flexibility index (Phi) is 8.26. The maximum atomic E-state index is 3.33. The van der Waals surface area contributed by atoms with Crippen LogP contribution in [0.25, 0.3) is 0 Å². The highest BCUT2D eigenvalue weighted by atomic mass is 32.2. The molecule has 0 spiro atoms. The molecule has 3 heteroatoms. The summed E-state index contributed by atoms with van der Waals surface area (Å²) >= 11 is 4.24. The minimum Gasteiger partial charge on any atom is -0.290 e. The molecule has 1 nitrogen and oxygen atoms in total. The normalized spacial score (nSPS) is 17.2. The molecule has 1 aliphatic heterocycles. The lowest BCUT2D eigenvalue weighted by Gasteiger charge is -2.21. The molecule has 98 valence electrons. The molecule has 1 rings (SSSR count). The van der Waals surface area contributed by atoms with E-state index in [1.54, 1.807) is 0 Å². The second-order valence-electron chi connectivity index (χ2n) is 4.57. The van der Waals surface area contributed by atoms with E-state index < -0.39 is 0 Å². The van der Waals surface area contributed by atoms with E-state index in [2.05, 4.69) is 61.0 Å². The maximum Gasteiger partial charge on any atom is 0.0603 e. The van der Waals surface area contributed by atoms with E-state index >= 15 is 0 Å². The zero-order chi connectivity index (χ0) is 12.5. The fourth-order valence-electron chi connectivity index (χ4n) is 1.80. The average molecular weight is 271 g/mol. The summed E-state index contributed by atoms with van der Waals surface area (Å²) in [4.78, 5) is 2.40. The van der Waals surface area contributed by atoms with Crippen molar-refractivity contribution in [3.8, 4) is 11.8 Å². The first-order valence-corrected chi connectivity index (χ1v) is 8.76. The van der Waals surface area contributed by atoms with Gasteiger partial charge in [-0.05, 0) is 44.7 Å². The standard InChI is InChI=1S/C14H25NS2/c1-4-15(13(2)3)10-7-5-6-9-14-16-11-8-12-17-14/h13-14H,4,6,8-12H2,1-3H3. The zero-order valence-electron chi connectivity index (χ0n) is 11.4. The smallest absolute Gasteiger partial charge is 0.0603 e. The fourth-order valence-corrected chi connectivity index (χ4v) is 4.66. The highest BCUT2D eigenvalue weighted by molar-refractivity contribution is 8.17. The van der Waals surface area contributed by atoms with Gasteiger partial charge in [0.2, 0.25) is 0 Å². The first-order chi connectivity index (χ1) is 8.24. The molecule has 0 unspecified atom stereocenters. The van der Waals surface area contributed by atoms with Crippen LogP contribution in [0, 0.1) is 11.8 Å². The Morgan fingerprint density at radius 3 is 2.53 bits per heavy atom. The van der Waals surface area contributed by atoms with Crippen LogP contribution in [0.2, 0.25) is 0 Å². The van der Waals surface area contributed by atoms with E-state index in [0.29, 0.717) is 6.04 Å². The van der Waals surface area contributed by atoms with Crippen LogP contribution in [-0.4, -0.2) is 40.1 Å². The second kappa shape index (κ2) is 9.19. The summed E-state index contributed by atoms with van der Waals surface area (Å²) in [6.45, 7) is 8.71. The summed E-state index contributed by atoms with van der Waals surface area (Å²) in [5, 5.41) is 0. The van der Waals surface area contributed by atoms with E-state index in [9.17, 15) is 0 Å². The topological polar surface area (TPSA) is 3.24 Å². The van der Waals surface area contributed by atoms with E-state index in [1.165, 1.54) is 24.3 Å². The lowest BCUT2D eigenvalue weighted by Crippen LogP contribution is -2.30. The van der Waals surface area contributed by atoms with Crippen molar-refractivity contribution in [3.63, 3.8) is 0 Å². The summed E-state index contributed by atoms with van der Waals surface area (Å²) in [5.41, 5.74) is 0. The number of hydrogen-bond acceptors (Lipinski definition) is 3. The van der Waals surface area contributed by atoms with Crippen molar-refractivity contribution in [1.82, 2.24) is 4.90 Å². The number of rotatable bonds is 5. The summed E-state index contributed by atoms with van der Waals surface area (Å²) in [5.74, 6) is 9.35. The maximum absolute atomic E-state index is 3.33. The van der Waals surface area contributed by atoms with Crippen LogP contribution in [0.1, 0.15) is 40.0 Å². The molecule has 0 radical (unpaired) electrons. The molecular weight excluding hydrogens is 246 g/mol. The van der Waals surface area contributed by atoms with E-state index in [0.717, 1.165) is 24.1 Å². The largest absolute Gasteiger partial charge is 0.290 e. The predicted molar refractivity (Wildman–Crippen MR) is 82.7 cm³/mol. The number of thioether (sulfide) groups is 2. The van der Waals surface area contributed by atoms with Gasteiger partial charge in [-0.2, -0.15) is 0 Å². The van der Waals surface area contributed by atoms with Crippen molar-refractivity contribution in [2.75, 3.05) is 24.6 Å². The van der Waals surface area contributed by atoms with Crippen LogP contribution in [0.4, 0.5) is 0 Å². The summed E-state index contributed by atoms with van der Waals surface area (Å²) in [6, 6.07) is 0.610. The van der Waals surface area contributed by atoms with Gasteiger partial charge in [0, 0.05) is 12.5 Å². The molecule has 0 saturated carbocycles. The Labute approximate surface area is 115 Å². The third-order valence-corrected chi connectivity index (χ3v) is 6.03. The first-order valence-electron chi connectivity index (χ1n) is 6.67. The van der Waals surface area contributed by atoms with Gasteiger partial charge in [-0.15, -0.1) is 29.4 Å². The Bertz CT molecular complexity index is 249. The molecule has 17 heavy (non-hydrogen) atoms. The van der Waals surface area contributed by atoms with E-state index in [1.807, 2.05) is 0 Å². The van der Waals surface area contributed by atoms with Crippen LogP contribution in [0.5, 0.6) is 0 Å². The third-order valence-electron chi connectivity index (χ3n) is 2.94. The van der Waals surface area contributed by atoms with Crippen molar-refractivity contribution in [2.24, 2.45) is 0 Å². The third kappa shape index (κ3) is 6.64. The number of hydrogen-bond donors (Lipinski definition) is 0. The summed E-state index contributed by atoms with van der Waals surface area (Å²) < 4.78 is 0.811. The monoisotopic (exact) mass is 271 g/mol. The Morgan fingerprint density at radius 2 is 1.94 bits per heavy atom. The van der Waals surface area contributed by atoms with Crippen LogP contribution < -0.4 is 0 Å². The second-order valence-corrected chi connectivity index (χ2v) is 7.49. The van der Waals surface area contributed by atoms with Crippen molar-refractivity contribution in [3.05, 3.63) is 0 Å². The molecule has 0 bridgehead atoms. The highest BCUT2D eigenvalue weighted by Gasteiger charge is 2.12. The lowest BCUT2D eigenvalue weighted by atomic mass is 10.3. The van der Waals surface area contributed by atoms with Crippen LogP contribution in [-0.2, 0) is 0 Å². The van der Waals surface area contributed by atoms with Gasteiger partial charge in [0.25, 0.3) is 0 Å². The van der Waals surface area contributed by atoms with Crippen molar-refractivity contribution in [1.29, 1.82) is 0 Å². The highest BCUT2D eigenvalue weighted by Crippen LogP contribution is 2.33. The van der Waals surface area contributed by atoms with E-state index in [-0.39, 0.29) is 0 Å². The average Bonchev–Trinajstić information content (AvgIpc) is 2.34. The Hall–Kier alpha value is 0.220. The number of nitrogens with zero attached hydrogens (tertiary/aromatic N) is 1. The minimum absolute atomic E-state index is 0.610. The molecule has 1 saturated heterocycles. The summed E-state index contributed by atoms with van der Waals surface area (Å²) in [7, 11) is 0. The molecule has 1 heterocycles. The molecule has 1 aliphatic rings. The fraction of sp³-hybridized carbons (Fsp3) is 0.857. The molecule has 0 aromatic heterocycles. The van der Waals surface area contributed by atoms with Gasteiger partial charge in [0.15, 0.2) is 0 Å². The van der Waals surface area contributed by atoms with Gasteiger partial charge in [0.1, 0.15) is 0 Å². The van der Waals surface area contributed by atoms with Gasteiger partial charge in [-0.1, -0.05) is 12.8 Å². The molecule has 0 aliphatic carbocycles. The van der Waals surface area contributed by atoms with Crippen molar-refractivity contribution in [2.45, 2.75) is 50.7 Å². The zero-order valence-corrected chi connectivity index (χ0v) is 13.0. The van der Waals surface area contributed by atoms with Gasteiger partial charge in [0.05, 0.1) is 11.1 Å². The molecular formula is C14H25NS2. The SMILES string of the molecule is CCN(CC#CCCC1SCCCS1)C(C)C. The summed E-state index contributed by atoms with van der Waals surface area (Å²) in [6.07, 6.45) is 3.72. The van der Waals surface area contributed by atoms with Gasteiger partial charge >= 0.3 is 0 Å². The quantitative estimate of drug-likeness (QED) is 0.702. The molecule has 1 fully saturated rings. The van der Waals surface area contributed by atoms with Crippen LogP contribution in [0.15, 0.2) is 0 Å².